The van der Waals surface area contributed by atoms with Gasteiger partial charge >= 0.3 is 0 Å². The molecule has 0 spiro atoms. The molecule has 0 radical (unpaired) electrons. The van der Waals surface area contributed by atoms with Crippen molar-refractivity contribution in [3.05, 3.63) is 22.9 Å². The van der Waals surface area contributed by atoms with Crippen molar-refractivity contribution in [3.8, 4) is 0 Å². The lowest BCUT2D eigenvalue weighted by atomic mass is 10.1. The number of hydrogen-bond donors (Lipinski definition) is 2. The monoisotopic (exact) mass is 306 g/mol. The molecule has 0 saturated carbocycles. The van der Waals surface area contributed by atoms with Gasteiger partial charge < -0.3 is 0 Å². The summed E-state index contributed by atoms with van der Waals surface area (Å²) >= 11 is 0. The highest BCUT2D eigenvalue weighted by atomic mass is 16.2. The van der Waals surface area contributed by atoms with Gasteiger partial charge in [0.25, 0.3) is 11.5 Å². The predicted octanol–water partition coefficient (Wildman–Crippen LogP) is -0.676. The second-order valence-electron chi connectivity index (χ2n) is 5.38. The van der Waals surface area contributed by atoms with Gasteiger partial charge in [-0.2, -0.15) is 5.10 Å². The standard InChI is InChI=1S/C13H18N6O3/c1-8(2)4-10(20)16-17-11(21)6-19-7-14-12-9(13(19)22)5-15-18(12)3/h5,7-8H,4,6H2,1-3H3,(H,16,20)(H,17,21). The van der Waals surface area contributed by atoms with Crippen molar-refractivity contribution in [3.63, 3.8) is 0 Å². The SMILES string of the molecule is CC(C)CC(=O)NNC(=O)Cn1cnc2c(cnn2C)c1=O. The van der Waals surface area contributed by atoms with Crippen LogP contribution in [0.4, 0.5) is 0 Å². The fraction of sp³-hybridized carbons (Fsp3) is 0.462. The topological polar surface area (TPSA) is 111 Å². The Kier molecular flexibility index (Phi) is 4.54. The highest BCUT2D eigenvalue weighted by Crippen LogP contribution is 2.02. The molecule has 118 valence electrons. The quantitative estimate of drug-likeness (QED) is 0.727. The Hall–Kier alpha value is -2.71. The van der Waals surface area contributed by atoms with Gasteiger partial charge in [-0.25, -0.2) is 4.98 Å². The normalized spacial score (nSPS) is 10.9. The lowest BCUT2D eigenvalue weighted by Crippen LogP contribution is -2.44. The molecule has 9 heteroatoms. The number of hydrazine groups is 1. The lowest BCUT2D eigenvalue weighted by molar-refractivity contribution is -0.129. The number of nitrogens with zero attached hydrogens (tertiary/aromatic N) is 4. The lowest BCUT2D eigenvalue weighted by Gasteiger charge is -2.09. The van der Waals surface area contributed by atoms with E-state index >= 15 is 0 Å². The third-order valence-electron chi connectivity index (χ3n) is 2.97. The van der Waals surface area contributed by atoms with Crippen LogP contribution in [-0.4, -0.2) is 31.1 Å². The van der Waals surface area contributed by atoms with Crippen LogP contribution in [0.15, 0.2) is 17.3 Å². The van der Waals surface area contributed by atoms with Crippen LogP contribution in [-0.2, 0) is 23.2 Å². The molecular formula is C13H18N6O3. The first-order chi connectivity index (χ1) is 10.4. The number of fused-ring (bicyclic) bond motifs is 1. The maximum atomic E-state index is 12.2. The molecule has 22 heavy (non-hydrogen) atoms. The van der Waals surface area contributed by atoms with Gasteiger partial charge in [0, 0.05) is 13.5 Å². The van der Waals surface area contributed by atoms with Crippen LogP contribution in [0, 0.1) is 5.92 Å². The second kappa shape index (κ2) is 6.37. The minimum atomic E-state index is -0.510. The zero-order valence-electron chi connectivity index (χ0n) is 12.7. The van der Waals surface area contributed by atoms with Gasteiger partial charge in [-0.1, -0.05) is 13.8 Å². The molecule has 2 rings (SSSR count). The zero-order valence-corrected chi connectivity index (χ0v) is 12.7. The number of aryl methyl sites for hydroxylation is 1. The molecule has 2 aromatic heterocycles. The van der Waals surface area contributed by atoms with Crippen LogP contribution >= 0.6 is 0 Å². The highest BCUT2D eigenvalue weighted by Gasteiger charge is 2.11. The van der Waals surface area contributed by atoms with Crippen molar-refractivity contribution in [2.45, 2.75) is 26.8 Å². The maximum Gasteiger partial charge on any atom is 0.264 e. The Labute approximate surface area is 126 Å². The van der Waals surface area contributed by atoms with Gasteiger partial charge in [0.1, 0.15) is 18.3 Å². The van der Waals surface area contributed by atoms with Crippen molar-refractivity contribution >= 4 is 22.8 Å². The van der Waals surface area contributed by atoms with Gasteiger partial charge in [0.2, 0.25) is 5.91 Å². The Balaban J connectivity index is 2.02. The summed E-state index contributed by atoms with van der Waals surface area (Å²) in [6, 6.07) is 0. The largest absolute Gasteiger partial charge is 0.289 e. The van der Waals surface area contributed by atoms with E-state index in [1.54, 1.807) is 7.05 Å². The summed E-state index contributed by atoms with van der Waals surface area (Å²) in [5, 5.41) is 4.28. The molecule has 0 saturated heterocycles. The molecule has 0 unspecified atom stereocenters. The Bertz CT molecular complexity index is 761. The van der Waals surface area contributed by atoms with E-state index in [4.69, 9.17) is 0 Å². The molecule has 0 aliphatic carbocycles. The summed E-state index contributed by atoms with van der Waals surface area (Å²) in [5.41, 5.74) is 4.67. The Morgan fingerprint density at radius 3 is 2.64 bits per heavy atom. The maximum absolute atomic E-state index is 12.2. The number of hydrogen-bond acceptors (Lipinski definition) is 5. The molecule has 0 atom stereocenters. The summed E-state index contributed by atoms with van der Waals surface area (Å²) in [6.07, 6.45) is 2.99. The van der Waals surface area contributed by atoms with E-state index < -0.39 is 5.91 Å². The van der Waals surface area contributed by atoms with Crippen LogP contribution in [0.25, 0.3) is 11.0 Å². The van der Waals surface area contributed by atoms with Crippen molar-refractivity contribution in [1.29, 1.82) is 0 Å². The predicted molar refractivity (Wildman–Crippen MR) is 78.5 cm³/mol. The van der Waals surface area contributed by atoms with E-state index in [0.717, 1.165) is 4.57 Å². The Morgan fingerprint density at radius 1 is 1.27 bits per heavy atom. The van der Waals surface area contributed by atoms with Crippen LogP contribution in [0.3, 0.4) is 0 Å². The fourth-order valence-corrected chi connectivity index (χ4v) is 1.93. The van der Waals surface area contributed by atoms with Gasteiger partial charge in [-0.3, -0.25) is 34.5 Å². The first-order valence-electron chi connectivity index (χ1n) is 6.83. The number of carbonyl (C=O) groups is 2. The number of carbonyl (C=O) groups excluding carboxylic acids is 2. The second-order valence-corrected chi connectivity index (χ2v) is 5.38. The third kappa shape index (κ3) is 3.48. The van der Waals surface area contributed by atoms with Crippen LogP contribution in [0.5, 0.6) is 0 Å². The molecule has 2 aromatic rings. The number of aromatic nitrogens is 4. The molecule has 0 aliphatic heterocycles. The minimum absolute atomic E-state index is 0.191. The van der Waals surface area contributed by atoms with Gasteiger partial charge in [0.15, 0.2) is 5.65 Å². The summed E-state index contributed by atoms with van der Waals surface area (Å²) in [5.74, 6) is -0.600. The molecule has 0 aromatic carbocycles. The van der Waals surface area contributed by atoms with E-state index in [1.165, 1.54) is 17.2 Å². The third-order valence-corrected chi connectivity index (χ3v) is 2.97. The first kappa shape index (κ1) is 15.7. The van der Waals surface area contributed by atoms with E-state index in [0.29, 0.717) is 17.5 Å². The number of nitrogens with one attached hydrogen (secondary N) is 2. The first-order valence-corrected chi connectivity index (χ1v) is 6.83. The average molecular weight is 306 g/mol. The van der Waals surface area contributed by atoms with E-state index in [9.17, 15) is 14.4 Å². The molecule has 9 nitrogen and oxygen atoms in total. The van der Waals surface area contributed by atoms with Crippen LogP contribution < -0.4 is 16.4 Å². The molecule has 2 amide bonds. The van der Waals surface area contributed by atoms with Gasteiger partial charge in [-0.05, 0) is 5.92 Å². The van der Waals surface area contributed by atoms with Crippen molar-refractivity contribution in [2.75, 3.05) is 0 Å². The van der Waals surface area contributed by atoms with Crippen LogP contribution in [0.1, 0.15) is 20.3 Å². The van der Waals surface area contributed by atoms with E-state index in [2.05, 4.69) is 20.9 Å². The van der Waals surface area contributed by atoms with Gasteiger partial charge in [-0.15, -0.1) is 0 Å². The molecule has 2 heterocycles. The fourth-order valence-electron chi connectivity index (χ4n) is 1.93. The van der Waals surface area contributed by atoms with Crippen molar-refractivity contribution in [2.24, 2.45) is 13.0 Å². The smallest absolute Gasteiger partial charge is 0.264 e. The summed E-state index contributed by atoms with van der Waals surface area (Å²) in [7, 11) is 1.68. The Morgan fingerprint density at radius 2 is 1.95 bits per heavy atom. The van der Waals surface area contributed by atoms with Crippen LogP contribution in [0.2, 0.25) is 0 Å². The zero-order chi connectivity index (χ0) is 16.3. The highest BCUT2D eigenvalue weighted by molar-refractivity contribution is 5.82. The van der Waals surface area contributed by atoms with E-state index in [1.807, 2.05) is 13.8 Å². The summed E-state index contributed by atoms with van der Waals surface area (Å²) < 4.78 is 2.64. The minimum Gasteiger partial charge on any atom is -0.289 e. The molecule has 0 aliphatic rings. The average Bonchev–Trinajstić information content (AvgIpc) is 2.81. The van der Waals surface area contributed by atoms with Crippen molar-refractivity contribution < 1.29 is 9.59 Å². The summed E-state index contributed by atoms with van der Waals surface area (Å²) in [4.78, 5) is 39.4. The molecule has 2 N–H and O–H groups in total. The molecule has 0 fully saturated rings. The molecular weight excluding hydrogens is 288 g/mol. The van der Waals surface area contributed by atoms with Gasteiger partial charge in [0.05, 0.1) is 6.20 Å². The van der Waals surface area contributed by atoms with Crippen molar-refractivity contribution in [1.82, 2.24) is 30.2 Å². The number of rotatable bonds is 4. The van der Waals surface area contributed by atoms with E-state index in [-0.39, 0.29) is 23.9 Å². The number of amides is 2. The molecule has 0 bridgehead atoms. The summed E-state index contributed by atoms with van der Waals surface area (Å²) in [6.45, 7) is 3.56.